The van der Waals surface area contributed by atoms with E-state index in [0.717, 1.165) is 52.8 Å². The molecule has 0 saturated carbocycles. The summed E-state index contributed by atoms with van der Waals surface area (Å²) >= 11 is 0. The molecule has 40 heavy (non-hydrogen) atoms. The van der Waals surface area contributed by atoms with E-state index in [2.05, 4.69) is 91.0 Å². The lowest BCUT2D eigenvalue weighted by molar-refractivity contribution is -0.137. The summed E-state index contributed by atoms with van der Waals surface area (Å²) in [5.41, 5.74) is 8.06. The van der Waals surface area contributed by atoms with E-state index in [-0.39, 0.29) is 0 Å². The standard InChI is InChI=1S/C37H27F3/c38-37(39,40)36-24-22-35(23-25-36)34-20-18-33(19-21-34)32-16-14-31(15-17-32)30-12-10-29(11-13-30)28-7-3-6-26-4-1-2-5-27(26)8-9-28/h1-2,4-6,8-25H,3,7H2/b26-6-,27-8-,28-9+. The van der Waals surface area contributed by atoms with Crippen LogP contribution in [0.1, 0.15) is 24.0 Å². The van der Waals surface area contributed by atoms with Gasteiger partial charge in [0.2, 0.25) is 0 Å². The first-order valence-corrected chi connectivity index (χ1v) is 13.4. The summed E-state index contributed by atoms with van der Waals surface area (Å²) in [6, 6.07) is 38.9. The topological polar surface area (TPSA) is 0 Å². The molecule has 1 aliphatic carbocycles. The van der Waals surface area contributed by atoms with Crippen molar-refractivity contribution in [2.75, 3.05) is 0 Å². The van der Waals surface area contributed by atoms with E-state index in [1.54, 1.807) is 0 Å². The second-order valence-corrected chi connectivity index (χ2v) is 10.0. The fraction of sp³-hybridized carbons (Fsp3) is 0.0811. The van der Waals surface area contributed by atoms with Crippen LogP contribution < -0.4 is 10.4 Å². The zero-order valence-corrected chi connectivity index (χ0v) is 21.8. The number of halogens is 3. The molecule has 0 N–H and O–H groups in total. The Balaban J connectivity index is 1.17. The molecule has 0 heterocycles. The first kappa shape index (κ1) is 25.6. The monoisotopic (exact) mass is 528 g/mol. The third kappa shape index (κ3) is 5.55. The summed E-state index contributed by atoms with van der Waals surface area (Å²) in [6.07, 6.45) is 4.48. The predicted octanol–water partition coefficient (Wildman–Crippen LogP) is 9.14. The van der Waals surface area contributed by atoms with Crippen molar-refractivity contribution >= 4 is 17.7 Å². The van der Waals surface area contributed by atoms with E-state index in [0.29, 0.717) is 0 Å². The molecule has 0 fully saturated rings. The Morgan fingerprint density at radius 1 is 0.425 bits per heavy atom. The average molecular weight is 529 g/mol. The number of benzene rings is 5. The van der Waals surface area contributed by atoms with Gasteiger partial charge >= 0.3 is 6.18 Å². The second kappa shape index (κ2) is 10.9. The van der Waals surface area contributed by atoms with Crippen LogP contribution in [-0.4, -0.2) is 0 Å². The van der Waals surface area contributed by atoms with Gasteiger partial charge in [-0.25, -0.2) is 0 Å². The van der Waals surface area contributed by atoms with Crippen molar-refractivity contribution in [2.45, 2.75) is 19.0 Å². The zero-order valence-electron chi connectivity index (χ0n) is 21.8. The van der Waals surface area contributed by atoms with Gasteiger partial charge in [0, 0.05) is 0 Å². The van der Waals surface area contributed by atoms with Crippen molar-refractivity contribution in [1.82, 2.24) is 0 Å². The Bertz CT molecular complexity index is 1770. The number of fused-ring (bicyclic) bond motifs is 1. The summed E-state index contributed by atoms with van der Waals surface area (Å²) in [7, 11) is 0. The van der Waals surface area contributed by atoms with Crippen molar-refractivity contribution in [3.05, 3.63) is 149 Å². The molecule has 5 aromatic carbocycles. The Morgan fingerprint density at radius 2 is 0.825 bits per heavy atom. The van der Waals surface area contributed by atoms with Gasteiger partial charge in [-0.15, -0.1) is 0 Å². The molecule has 5 aromatic rings. The van der Waals surface area contributed by atoms with Crippen LogP contribution >= 0.6 is 0 Å². The van der Waals surface area contributed by atoms with E-state index >= 15 is 0 Å². The molecular formula is C37H27F3. The van der Waals surface area contributed by atoms with Gasteiger partial charge in [0.25, 0.3) is 0 Å². The van der Waals surface area contributed by atoms with Crippen LogP contribution in [0.15, 0.2) is 127 Å². The Morgan fingerprint density at radius 3 is 1.27 bits per heavy atom. The van der Waals surface area contributed by atoms with E-state index in [9.17, 15) is 13.2 Å². The fourth-order valence-corrected chi connectivity index (χ4v) is 5.18. The molecule has 0 unspecified atom stereocenters. The minimum Gasteiger partial charge on any atom is -0.166 e. The molecule has 0 aliphatic heterocycles. The number of hydrogen-bond acceptors (Lipinski definition) is 0. The van der Waals surface area contributed by atoms with Crippen LogP contribution in [0.3, 0.4) is 0 Å². The van der Waals surface area contributed by atoms with Gasteiger partial charge in [0.05, 0.1) is 5.56 Å². The van der Waals surface area contributed by atoms with E-state index in [1.807, 2.05) is 24.3 Å². The molecule has 0 bridgehead atoms. The van der Waals surface area contributed by atoms with E-state index in [4.69, 9.17) is 0 Å². The Kier molecular flexibility index (Phi) is 6.96. The number of hydrogen-bond donors (Lipinski definition) is 0. The molecule has 1 aliphatic rings. The van der Waals surface area contributed by atoms with Crippen LogP contribution in [0.25, 0.3) is 51.1 Å². The molecular weight excluding hydrogens is 501 g/mol. The van der Waals surface area contributed by atoms with Gasteiger partial charge in [-0.3, -0.25) is 0 Å². The normalized spacial score (nSPS) is 16.2. The molecule has 0 amide bonds. The Labute approximate surface area is 232 Å². The zero-order chi connectivity index (χ0) is 27.5. The highest BCUT2D eigenvalue weighted by Gasteiger charge is 2.29. The molecule has 0 atom stereocenters. The van der Waals surface area contributed by atoms with E-state index < -0.39 is 11.7 Å². The summed E-state index contributed by atoms with van der Waals surface area (Å²) in [6.45, 7) is 0. The largest absolute Gasteiger partial charge is 0.416 e. The molecule has 0 spiro atoms. The second-order valence-electron chi connectivity index (χ2n) is 10.0. The van der Waals surface area contributed by atoms with Crippen LogP contribution in [0.5, 0.6) is 0 Å². The van der Waals surface area contributed by atoms with Crippen LogP contribution in [-0.2, 0) is 6.18 Å². The molecule has 3 heteroatoms. The summed E-state index contributed by atoms with van der Waals surface area (Å²) in [4.78, 5) is 0. The number of allylic oxidation sites excluding steroid dienone is 2. The van der Waals surface area contributed by atoms with Crippen molar-refractivity contribution in [3.8, 4) is 33.4 Å². The van der Waals surface area contributed by atoms with Gasteiger partial charge in [0.1, 0.15) is 0 Å². The van der Waals surface area contributed by atoms with Gasteiger partial charge in [-0.05, 0) is 79.9 Å². The van der Waals surface area contributed by atoms with Gasteiger partial charge in [0.15, 0.2) is 0 Å². The third-order valence-electron chi connectivity index (χ3n) is 7.48. The smallest absolute Gasteiger partial charge is 0.166 e. The number of alkyl halides is 3. The maximum atomic E-state index is 12.9. The van der Waals surface area contributed by atoms with Crippen LogP contribution in [0.2, 0.25) is 0 Å². The molecule has 6 rings (SSSR count). The lowest BCUT2D eigenvalue weighted by Gasteiger charge is -2.10. The molecule has 0 radical (unpaired) electrons. The average Bonchev–Trinajstić information content (AvgIpc) is 2.98. The summed E-state index contributed by atoms with van der Waals surface area (Å²) in [5.74, 6) is 0. The lowest BCUT2D eigenvalue weighted by Crippen LogP contribution is -2.23. The minimum absolute atomic E-state index is 0.636. The maximum absolute atomic E-state index is 12.9. The van der Waals surface area contributed by atoms with Crippen LogP contribution in [0, 0.1) is 0 Å². The van der Waals surface area contributed by atoms with Gasteiger partial charge < -0.3 is 0 Å². The predicted molar refractivity (Wildman–Crippen MR) is 160 cm³/mol. The highest BCUT2D eigenvalue weighted by molar-refractivity contribution is 5.76. The lowest BCUT2D eigenvalue weighted by atomic mass is 9.95. The van der Waals surface area contributed by atoms with Crippen molar-refractivity contribution in [1.29, 1.82) is 0 Å². The molecule has 0 aromatic heterocycles. The van der Waals surface area contributed by atoms with Gasteiger partial charge in [-0.1, -0.05) is 127 Å². The molecule has 0 nitrogen and oxygen atoms in total. The van der Waals surface area contributed by atoms with Crippen molar-refractivity contribution < 1.29 is 13.2 Å². The number of rotatable bonds is 4. The summed E-state index contributed by atoms with van der Waals surface area (Å²) in [5, 5.41) is 2.55. The third-order valence-corrected chi connectivity index (χ3v) is 7.48. The van der Waals surface area contributed by atoms with E-state index in [1.165, 1.54) is 39.3 Å². The van der Waals surface area contributed by atoms with Crippen LogP contribution in [0.4, 0.5) is 13.2 Å². The first-order valence-electron chi connectivity index (χ1n) is 13.4. The first-order chi connectivity index (χ1) is 19.4. The maximum Gasteiger partial charge on any atom is 0.416 e. The molecule has 196 valence electrons. The Hall–Kier alpha value is -4.63. The summed E-state index contributed by atoms with van der Waals surface area (Å²) < 4.78 is 38.6. The molecule has 0 saturated heterocycles. The fourth-order valence-electron chi connectivity index (χ4n) is 5.18. The quantitative estimate of drug-likeness (QED) is 0.218. The highest BCUT2D eigenvalue weighted by Crippen LogP contribution is 2.32. The minimum atomic E-state index is -4.33. The SMILES string of the molecule is FC(F)(F)c1ccc(-c2ccc(-c3ccc(-c4ccc(/C5=C/C=c6/cccc/c6=C/CC5)cc4)cc3)cc2)cc1. The van der Waals surface area contributed by atoms with Gasteiger partial charge in [-0.2, -0.15) is 13.2 Å². The highest BCUT2D eigenvalue weighted by atomic mass is 19.4. The van der Waals surface area contributed by atoms with Crippen molar-refractivity contribution in [2.24, 2.45) is 0 Å². The van der Waals surface area contributed by atoms with Crippen molar-refractivity contribution in [3.63, 3.8) is 0 Å².